The number of hydrogen-bond acceptors (Lipinski definition) is 3. The SMILES string of the molecule is CCC(C)NC(=O)c1ccc(NC(=S)NC(C)=O)cc1. The monoisotopic (exact) mass is 293 g/mol. The predicted molar refractivity (Wildman–Crippen MR) is 83.7 cm³/mol. The van der Waals surface area contributed by atoms with Gasteiger partial charge < -0.3 is 16.0 Å². The topological polar surface area (TPSA) is 70.2 Å². The Kier molecular flexibility index (Phi) is 6.11. The van der Waals surface area contributed by atoms with Gasteiger partial charge in [-0.05, 0) is 49.8 Å². The van der Waals surface area contributed by atoms with Crippen molar-refractivity contribution < 1.29 is 9.59 Å². The van der Waals surface area contributed by atoms with E-state index in [9.17, 15) is 9.59 Å². The highest BCUT2D eigenvalue weighted by Crippen LogP contribution is 2.09. The summed E-state index contributed by atoms with van der Waals surface area (Å²) >= 11 is 4.95. The number of amides is 2. The third kappa shape index (κ3) is 5.36. The first-order valence-corrected chi connectivity index (χ1v) is 6.82. The number of nitrogens with one attached hydrogen (secondary N) is 3. The van der Waals surface area contributed by atoms with Gasteiger partial charge in [0.1, 0.15) is 0 Å². The van der Waals surface area contributed by atoms with E-state index < -0.39 is 0 Å². The summed E-state index contributed by atoms with van der Waals surface area (Å²) in [5.41, 5.74) is 1.30. The minimum Gasteiger partial charge on any atom is -0.350 e. The molecule has 1 aromatic carbocycles. The quantitative estimate of drug-likeness (QED) is 0.743. The maximum Gasteiger partial charge on any atom is 0.251 e. The second-order valence-electron chi connectivity index (χ2n) is 4.50. The van der Waals surface area contributed by atoms with Crippen LogP contribution in [-0.4, -0.2) is 23.0 Å². The zero-order chi connectivity index (χ0) is 15.1. The van der Waals surface area contributed by atoms with Crippen molar-refractivity contribution in [1.82, 2.24) is 10.6 Å². The van der Waals surface area contributed by atoms with Crippen molar-refractivity contribution in [3.63, 3.8) is 0 Å². The summed E-state index contributed by atoms with van der Waals surface area (Å²) in [4.78, 5) is 22.7. The first kappa shape index (κ1) is 16.1. The van der Waals surface area contributed by atoms with Gasteiger partial charge in [-0.2, -0.15) is 0 Å². The van der Waals surface area contributed by atoms with Crippen LogP contribution in [0.15, 0.2) is 24.3 Å². The molecule has 0 aliphatic heterocycles. The molecule has 0 saturated carbocycles. The van der Waals surface area contributed by atoms with Gasteiger partial charge in [0, 0.05) is 24.2 Å². The van der Waals surface area contributed by atoms with Crippen LogP contribution in [0.5, 0.6) is 0 Å². The highest BCUT2D eigenvalue weighted by atomic mass is 32.1. The molecule has 3 N–H and O–H groups in total. The minimum atomic E-state index is -0.230. The maximum atomic E-state index is 11.9. The van der Waals surface area contributed by atoms with Gasteiger partial charge >= 0.3 is 0 Å². The lowest BCUT2D eigenvalue weighted by molar-refractivity contribution is -0.117. The molecule has 0 heterocycles. The van der Waals surface area contributed by atoms with Crippen LogP contribution in [0.4, 0.5) is 5.69 Å². The zero-order valence-electron chi connectivity index (χ0n) is 11.8. The highest BCUT2D eigenvalue weighted by Gasteiger charge is 2.08. The molecule has 1 rings (SSSR count). The summed E-state index contributed by atoms with van der Waals surface area (Å²) in [5.74, 6) is -0.331. The van der Waals surface area contributed by atoms with Crippen LogP contribution in [0.25, 0.3) is 0 Å². The first-order valence-electron chi connectivity index (χ1n) is 6.42. The number of anilines is 1. The van der Waals surface area contributed by atoms with Gasteiger partial charge in [0.2, 0.25) is 5.91 Å². The summed E-state index contributed by atoms with van der Waals surface area (Å²) in [6.07, 6.45) is 0.885. The van der Waals surface area contributed by atoms with Gasteiger partial charge in [0.25, 0.3) is 5.91 Å². The first-order chi connectivity index (χ1) is 9.42. The second kappa shape index (κ2) is 7.59. The maximum absolute atomic E-state index is 11.9. The Balaban J connectivity index is 2.62. The molecule has 6 heteroatoms. The zero-order valence-corrected chi connectivity index (χ0v) is 12.6. The minimum absolute atomic E-state index is 0.102. The Bertz CT molecular complexity index is 500. The lowest BCUT2D eigenvalue weighted by Crippen LogP contribution is -2.32. The Hall–Kier alpha value is -1.95. The van der Waals surface area contributed by atoms with E-state index >= 15 is 0 Å². The molecule has 1 unspecified atom stereocenters. The number of thiocarbonyl (C=S) groups is 1. The molecule has 2 amide bonds. The van der Waals surface area contributed by atoms with E-state index in [1.54, 1.807) is 24.3 Å². The number of hydrogen-bond donors (Lipinski definition) is 3. The van der Waals surface area contributed by atoms with Gasteiger partial charge in [-0.3, -0.25) is 9.59 Å². The number of carbonyl (C=O) groups is 2. The van der Waals surface area contributed by atoms with Gasteiger partial charge in [0.05, 0.1) is 0 Å². The van der Waals surface area contributed by atoms with Crippen molar-refractivity contribution in [2.24, 2.45) is 0 Å². The normalized spacial score (nSPS) is 11.3. The van der Waals surface area contributed by atoms with Crippen LogP contribution in [0.2, 0.25) is 0 Å². The van der Waals surface area contributed by atoms with Gasteiger partial charge in [-0.15, -0.1) is 0 Å². The van der Waals surface area contributed by atoms with Crippen molar-refractivity contribution in [3.8, 4) is 0 Å². The Morgan fingerprint density at radius 1 is 1.25 bits per heavy atom. The molecular weight excluding hydrogens is 274 g/mol. The molecule has 20 heavy (non-hydrogen) atoms. The fourth-order valence-electron chi connectivity index (χ4n) is 1.44. The molecule has 0 aromatic heterocycles. The van der Waals surface area contributed by atoms with Crippen LogP contribution in [0, 0.1) is 0 Å². The van der Waals surface area contributed by atoms with E-state index in [1.807, 2.05) is 13.8 Å². The van der Waals surface area contributed by atoms with Crippen LogP contribution < -0.4 is 16.0 Å². The van der Waals surface area contributed by atoms with E-state index in [1.165, 1.54) is 6.92 Å². The summed E-state index contributed by atoms with van der Waals surface area (Å²) < 4.78 is 0. The van der Waals surface area contributed by atoms with E-state index in [-0.39, 0.29) is 23.0 Å². The summed E-state index contributed by atoms with van der Waals surface area (Å²) in [6, 6.07) is 7.03. The molecule has 0 spiro atoms. The molecule has 1 aromatic rings. The lowest BCUT2D eigenvalue weighted by Gasteiger charge is -2.12. The predicted octanol–water partition coefficient (Wildman–Crippen LogP) is 2.05. The van der Waals surface area contributed by atoms with Crippen LogP contribution in [0.1, 0.15) is 37.6 Å². The molecule has 0 aliphatic rings. The van der Waals surface area contributed by atoms with E-state index in [0.29, 0.717) is 11.3 Å². The third-order valence-electron chi connectivity index (χ3n) is 2.68. The summed E-state index contributed by atoms with van der Waals surface area (Å²) in [6.45, 7) is 5.36. The van der Waals surface area contributed by atoms with Crippen molar-refractivity contribution in [1.29, 1.82) is 0 Å². The molecule has 0 fully saturated rings. The van der Waals surface area contributed by atoms with E-state index in [2.05, 4.69) is 16.0 Å². The van der Waals surface area contributed by atoms with E-state index in [4.69, 9.17) is 12.2 Å². The van der Waals surface area contributed by atoms with E-state index in [0.717, 1.165) is 6.42 Å². The van der Waals surface area contributed by atoms with Crippen LogP contribution in [0.3, 0.4) is 0 Å². The molecule has 0 radical (unpaired) electrons. The fraction of sp³-hybridized carbons (Fsp3) is 0.357. The molecule has 0 bridgehead atoms. The number of carbonyl (C=O) groups excluding carboxylic acids is 2. The molecule has 0 aliphatic carbocycles. The van der Waals surface area contributed by atoms with Gasteiger partial charge in [-0.1, -0.05) is 6.92 Å². The van der Waals surface area contributed by atoms with Crippen LogP contribution >= 0.6 is 12.2 Å². The Morgan fingerprint density at radius 2 is 1.85 bits per heavy atom. The Labute approximate surface area is 124 Å². The Morgan fingerprint density at radius 3 is 2.35 bits per heavy atom. The molecular formula is C14H19N3O2S. The van der Waals surface area contributed by atoms with Crippen LogP contribution in [-0.2, 0) is 4.79 Å². The number of benzene rings is 1. The van der Waals surface area contributed by atoms with Crippen molar-refractivity contribution >= 4 is 34.8 Å². The van der Waals surface area contributed by atoms with Crippen molar-refractivity contribution in [3.05, 3.63) is 29.8 Å². The second-order valence-corrected chi connectivity index (χ2v) is 4.90. The van der Waals surface area contributed by atoms with Crippen molar-refractivity contribution in [2.75, 3.05) is 5.32 Å². The smallest absolute Gasteiger partial charge is 0.251 e. The summed E-state index contributed by atoms with van der Waals surface area (Å²) in [7, 11) is 0. The van der Waals surface area contributed by atoms with Crippen molar-refractivity contribution in [2.45, 2.75) is 33.2 Å². The molecule has 5 nitrogen and oxygen atoms in total. The molecule has 108 valence electrons. The average Bonchev–Trinajstić information content (AvgIpc) is 2.38. The molecule has 1 atom stereocenters. The van der Waals surface area contributed by atoms with Gasteiger partial charge in [0.15, 0.2) is 5.11 Å². The number of rotatable bonds is 4. The fourth-order valence-corrected chi connectivity index (χ4v) is 1.70. The summed E-state index contributed by atoms with van der Waals surface area (Å²) in [5, 5.41) is 8.44. The largest absolute Gasteiger partial charge is 0.350 e. The molecule has 0 saturated heterocycles. The highest BCUT2D eigenvalue weighted by molar-refractivity contribution is 7.80. The lowest BCUT2D eigenvalue weighted by atomic mass is 10.1. The average molecular weight is 293 g/mol. The standard InChI is InChI=1S/C14H19N3O2S/c1-4-9(2)15-13(19)11-5-7-12(8-6-11)17-14(20)16-10(3)18/h5-9H,4H2,1-3H3,(H,15,19)(H2,16,17,18,20). The van der Waals surface area contributed by atoms with Gasteiger partial charge in [-0.25, -0.2) is 0 Å². The third-order valence-corrected chi connectivity index (χ3v) is 2.89.